The van der Waals surface area contributed by atoms with Crippen LogP contribution in [-0.2, 0) is 16.6 Å². The third-order valence-electron chi connectivity index (χ3n) is 2.54. The standard InChI is InChI=1S/C10H20N4O3S/c1-4-14-5-8(9(11)13-14)18(16,17)12-6-10(2,3)7-15/h5,12,15H,4,6-7H2,1-3H3,(H2,11,13). The number of hydrogen-bond donors (Lipinski definition) is 3. The Bertz CT molecular complexity index is 507. The number of sulfonamides is 1. The zero-order chi connectivity index (χ0) is 14.0. The zero-order valence-electron chi connectivity index (χ0n) is 10.8. The number of anilines is 1. The second-order valence-electron chi connectivity index (χ2n) is 4.88. The predicted molar refractivity (Wildman–Crippen MR) is 68.4 cm³/mol. The van der Waals surface area contributed by atoms with Gasteiger partial charge in [0.1, 0.15) is 4.90 Å². The molecule has 0 aliphatic carbocycles. The van der Waals surface area contributed by atoms with Gasteiger partial charge in [-0.2, -0.15) is 5.10 Å². The summed E-state index contributed by atoms with van der Waals surface area (Å²) >= 11 is 0. The van der Waals surface area contributed by atoms with Gasteiger partial charge in [0, 0.05) is 31.3 Å². The fourth-order valence-corrected chi connectivity index (χ4v) is 2.52. The van der Waals surface area contributed by atoms with Crippen LogP contribution in [0.1, 0.15) is 20.8 Å². The molecule has 104 valence electrons. The van der Waals surface area contributed by atoms with Crippen LogP contribution in [0.4, 0.5) is 5.82 Å². The van der Waals surface area contributed by atoms with Gasteiger partial charge in [-0.3, -0.25) is 4.68 Å². The summed E-state index contributed by atoms with van der Waals surface area (Å²) in [6.45, 7) is 5.91. The summed E-state index contributed by atoms with van der Waals surface area (Å²) in [4.78, 5) is -0.0295. The lowest BCUT2D eigenvalue weighted by atomic mass is 9.96. The average molecular weight is 276 g/mol. The quantitative estimate of drug-likeness (QED) is 0.665. The van der Waals surface area contributed by atoms with Crippen molar-refractivity contribution in [3.05, 3.63) is 6.20 Å². The van der Waals surface area contributed by atoms with Crippen LogP contribution in [0.15, 0.2) is 11.1 Å². The molecule has 1 aromatic heterocycles. The summed E-state index contributed by atoms with van der Waals surface area (Å²) in [6, 6.07) is 0. The summed E-state index contributed by atoms with van der Waals surface area (Å²) in [7, 11) is -3.69. The topological polar surface area (TPSA) is 110 Å². The van der Waals surface area contributed by atoms with E-state index in [0.29, 0.717) is 6.54 Å². The van der Waals surface area contributed by atoms with E-state index < -0.39 is 15.4 Å². The molecule has 0 spiro atoms. The minimum atomic E-state index is -3.69. The van der Waals surface area contributed by atoms with Gasteiger partial charge in [-0.15, -0.1) is 0 Å². The summed E-state index contributed by atoms with van der Waals surface area (Å²) in [6.07, 6.45) is 1.39. The third-order valence-corrected chi connectivity index (χ3v) is 3.96. The maximum absolute atomic E-state index is 12.0. The number of nitrogens with zero attached hydrogens (tertiary/aromatic N) is 2. The summed E-state index contributed by atoms with van der Waals surface area (Å²) < 4.78 is 27.9. The molecule has 0 aliphatic heterocycles. The van der Waals surface area contributed by atoms with E-state index in [4.69, 9.17) is 10.8 Å². The highest BCUT2D eigenvalue weighted by Crippen LogP contribution is 2.18. The van der Waals surface area contributed by atoms with Gasteiger partial charge in [0.25, 0.3) is 0 Å². The first-order valence-corrected chi connectivity index (χ1v) is 7.13. The second kappa shape index (κ2) is 5.25. The van der Waals surface area contributed by atoms with Gasteiger partial charge in [-0.1, -0.05) is 13.8 Å². The fourth-order valence-electron chi connectivity index (χ4n) is 1.21. The Kier molecular flexibility index (Phi) is 4.36. The highest BCUT2D eigenvalue weighted by molar-refractivity contribution is 7.89. The zero-order valence-corrected chi connectivity index (χ0v) is 11.7. The number of aromatic nitrogens is 2. The largest absolute Gasteiger partial charge is 0.396 e. The van der Waals surface area contributed by atoms with Crippen LogP contribution >= 0.6 is 0 Å². The molecule has 7 nitrogen and oxygen atoms in total. The Labute approximate surface area is 107 Å². The van der Waals surface area contributed by atoms with Crippen LogP contribution < -0.4 is 10.5 Å². The predicted octanol–water partition coefficient (Wildman–Crippen LogP) is -0.218. The molecule has 0 aliphatic rings. The smallest absolute Gasteiger partial charge is 0.245 e. The van der Waals surface area contributed by atoms with Crippen molar-refractivity contribution in [1.29, 1.82) is 0 Å². The van der Waals surface area contributed by atoms with Gasteiger partial charge in [-0.25, -0.2) is 13.1 Å². The molecule has 0 radical (unpaired) electrons. The number of aliphatic hydroxyl groups is 1. The molecule has 0 saturated carbocycles. The van der Waals surface area contributed by atoms with Gasteiger partial charge < -0.3 is 10.8 Å². The van der Waals surface area contributed by atoms with Gasteiger partial charge in [0.2, 0.25) is 10.0 Å². The first-order chi connectivity index (χ1) is 8.22. The maximum Gasteiger partial charge on any atom is 0.245 e. The van der Waals surface area contributed by atoms with Crippen LogP contribution in [0.2, 0.25) is 0 Å². The Hall–Kier alpha value is -1.12. The van der Waals surface area contributed by atoms with Crippen molar-refractivity contribution in [2.45, 2.75) is 32.2 Å². The Morgan fingerprint density at radius 2 is 2.17 bits per heavy atom. The highest BCUT2D eigenvalue weighted by Gasteiger charge is 2.24. The van der Waals surface area contributed by atoms with E-state index in [0.717, 1.165) is 0 Å². The number of hydrogen-bond acceptors (Lipinski definition) is 5. The van der Waals surface area contributed by atoms with E-state index in [2.05, 4.69) is 9.82 Å². The molecule has 4 N–H and O–H groups in total. The number of nitrogens with two attached hydrogens (primary N) is 1. The number of aryl methyl sites for hydroxylation is 1. The molecule has 1 heterocycles. The molecule has 1 rings (SSSR count). The average Bonchev–Trinajstić information content (AvgIpc) is 2.69. The molecule has 0 aromatic carbocycles. The monoisotopic (exact) mass is 276 g/mol. The van der Waals surface area contributed by atoms with Gasteiger partial charge >= 0.3 is 0 Å². The van der Waals surface area contributed by atoms with Gasteiger partial charge in [-0.05, 0) is 6.92 Å². The van der Waals surface area contributed by atoms with Crippen molar-refractivity contribution >= 4 is 15.8 Å². The van der Waals surface area contributed by atoms with Crippen molar-refractivity contribution in [2.75, 3.05) is 18.9 Å². The Morgan fingerprint density at radius 3 is 2.61 bits per heavy atom. The van der Waals surface area contributed by atoms with Gasteiger partial charge in [0.05, 0.1) is 0 Å². The van der Waals surface area contributed by atoms with Crippen molar-refractivity contribution in [3.63, 3.8) is 0 Å². The number of rotatable bonds is 6. The Morgan fingerprint density at radius 1 is 1.56 bits per heavy atom. The van der Waals surface area contributed by atoms with Crippen molar-refractivity contribution in [2.24, 2.45) is 5.41 Å². The minimum Gasteiger partial charge on any atom is -0.396 e. The molecular weight excluding hydrogens is 256 g/mol. The van der Waals surface area contributed by atoms with Crippen molar-refractivity contribution in [1.82, 2.24) is 14.5 Å². The first kappa shape index (κ1) is 14.9. The minimum absolute atomic E-state index is 0.0221. The lowest BCUT2D eigenvalue weighted by molar-refractivity contribution is 0.163. The molecular formula is C10H20N4O3S. The van der Waals surface area contributed by atoms with E-state index in [9.17, 15) is 8.42 Å². The molecule has 1 aromatic rings. The van der Waals surface area contributed by atoms with Crippen LogP contribution in [0.3, 0.4) is 0 Å². The maximum atomic E-state index is 12.0. The summed E-state index contributed by atoms with van der Waals surface area (Å²) in [5, 5.41) is 13.0. The van der Waals surface area contributed by atoms with E-state index in [-0.39, 0.29) is 23.9 Å². The second-order valence-corrected chi connectivity index (χ2v) is 6.62. The lowest BCUT2D eigenvalue weighted by Gasteiger charge is -2.21. The number of aliphatic hydroxyl groups excluding tert-OH is 1. The molecule has 0 unspecified atom stereocenters. The summed E-state index contributed by atoms with van der Waals surface area (Å²) in [5.74, 6) is -0.0221. The molecule has 8 heteroatoms. The lowest BCUT2D eigenvalue weighted by Crippen LogP contribution is -2.36. The third kappa shape index (κ3) is 3.44. The number of nitrogen functional groups attached to an aromatic ring is 1. The van der Waals surface area contributed by atoms with Crippen LogP contribution in [0.5, 0.6) is 0 Å². The van der Waals surface area contributed by atoms with Crippen LogP contribution in [0, 0.1) is 5.41 Å². The van der Waals surface area contributed by atoms with Crippen molar-refractivity contribution < 1.29 is 13.5 Å². The molecule has 0 atom stereocenters. The molecule has 18 heavy (non-hydrogen) atoms. The summed E-state index contributed by atoms with van der Waals surface area (Å²) in [5.41, 5.74) is 5.05. The SMILES string of the molecule is CCn1cc(S(=O)(=O)NCC(C)(C)CO)c(N)n1. The van der Waals surface area contributed by atoms with Gasteiger partial charge in [0.15, 0.2) is 5.82 Å². The van der Waals surface area contributed by atoms with E-state index >= 15 is 0 Å². The fraction of sp³-hybridized carbons (Fsp3) is 0.700. The molecule has 0 saturated heterocycles. The molecule has 0 fully saturated rings. The van der Waals surface area contributed by atoms with Crippen LogP contribution in [0.25, 0.3) is 0 Å². The highest BCUT2D eigenvalue weighted by atomic mass is 32.2. The van der Waals surface area contributed by atoms with E-state index in [1.165, 1.54) is 10.9 Å². The van der Waals surface area contributed by atoms with Crippen LogP contribution in [-0.4, -0.2) is 36.5 Å². The van der Waals surface area contributed by atoms with Crippen molar-refractivity contribution in [3.8, 4) is 0 Å². The first-order valence-electron chi connectivity index (χ1n) is 5.65. The van der Waals surface area contributed by atoms with E-state index in [1.807, 2.05) is 6.92 Å². The number of nitrogens with one attached hydrogen (secondary N) is 1. The molecule has 0 amide bonds. The molecule has 0 bridgehead atoms. The Balaban J connectivity index is 2.90. The van der Waals surface area contributed by atoms with E-state index in [1.54, 1.807) is 13.8 Å². The normalized spacial score (nSPS) is 12.9.